The van der Waals surface area contributed by atoms with Crippen molar-refractivity contribution in [2.24, 2.45) is 0 Å². The summed E-state index contributed by atoms with van der Waals surface area (Å²) in [6.07, 6.45) is 2.57. The molecule has 2 aromatic rings. The molecule has 5 heteroatoms. The lowest BCUT2D eigenvalue weighted by Crippen LogP contribution is -2.28. The van der Waals surface area contributed by atoms with Gasteiger partial charge in [0.1, 0.15) is 0 Å². The minimum atomic E-state index is -0.864. The molecule has 2 N–H and O–H groups in total. The molecule has 3 rings (SSSR count). The maximum Gasteiger partial charge on any atom is 0.311 e. The van der Waals surface area contributed by atoms with Gasteiger partial charge in [-0.05, 0) is 30.0 Å². The lowest BCUT2D eigenvalue weighted by molar-refractivity contribution is -0.138. The lowest BCUT2D eigenvalue weighted by Gasteiger charge is -2.13. The number of benzene rings is 1. The SMILES string of the molecule is CCc1ccoc1C(=O)NC1CC(C(=O)O)c2ccccc21. The van der Waals surface area contributed by atoms with Crippen LogP contribution in [-0.2, 0) is 11.2 Å². The average molecular weight is 299 g/mol. The van der Waals surface area contributed by atoms with E-state index in [1.165, 1.54) is 6.26 Å². The van der Waals surface area contributed by atoms with Gasteiger partial charge in [0, 0.05) is 5.56 Å². The van der Waals surface area contributed by atoms with Crippen LogP contribution in [0.4, 0.5) is 0 Å². The van der Waals surface area contributed by atoms with Crippen molar-refractivity contribution < 1.29 is 19.1 Å². The van der Waals surface area contributed by atoms with Crippen molar-refractivity contribution in [3.8, 4) is 0 Å². The molecule has 0 spiro atoms. The normalized spacial score (nSPS) is 19.7. The summed E-state index contributed by atoms with van der Waals surface area (Å²) in [5, 5.41) is 12.2. The number of amides is 1. The van der Waals surface area contributed by atoms with Gasteiger partial charge in [-0.25, -0.2) is 0 Å². The van der Waals surface area contributed by atoms with E-state index in [1.807, 2.05) is 31.2 Å². The Bertz CT molecular complexity index is 719. The van der Waals surface area contributed by atoms with Crippen LogP contribution in [0.2, 0.25) is 0 Å². The van der Waals surface area contributed by atoms with E-state index in [-0.39, 0.29) is 11.9 Å². The molecule has 1 aromatic heterocycles. The largest absolute Gasteiger partial charge is 0.481 e. The van der Waals surface area contributed by atoms with Crippen LogP contribution in [-0.4, -0.2) is 17.0 Å². The first-order valence-corrected chi connectivity index (χ1v) is 7.30. The first-order valence-electron chi connectivity index (χ1n) is 7.30. The number of rotatable bonds is 4. The van der Waals surface area contributed by atoms with Crippen molar-refractivity contribution in [1.29, 1.82) is 0 Å². The van der Waals surface area contributed by atoms with E-state index in [2.05, 4.69) is 5.32 Å². The minimum absolute atomic E-state index is 0.298. The zero-order valence-electron chi connectivity index (χ0n) is 12.2. The molecule has 114 valence electrons. The molecule has 22 heavy (non-hydrogen) atoms. The summed E-state index contributed by atoms with van der Waals surface area (Å²) in [5.41, 5.74) is 2.49. The molecule has 1 heterocycles. The number of carbonyl (C=O) groups excluding carboxylic acids is 1. The number of carboxylic acids is 1. The predicted octanol–water partition coefficient (Wildman–Crippen LogP) is 2.89. The highest BCUT2D eigenvalue weighted by atomic mass is 16.4. The van der Waals surface area contributed by atoms with Crippen LogP contribution >= 0.6 is 0 Å². The van der Waals surface area contributed by atoms with Crippen LogP contribution in [0.3, 0.4) is 0 Å². The third kappa shape index (κ3) is 2.39. The number of carbonyl (C=O) groups is 2. The summed E-state index contributed by atoms with van der Waals surface area (Å²) in [4.78, 5) is 23.8. The number of hydrogen-bond acceptors (Lipinski definition) is 3. The molecular weight excluding hydrogens is 282 g/mol. The van der Waals surface area contributed by atoms with Gasteiger partial charge in [0.05, 0.1) is 18.2 Å². The Morgan fingerprint density at radius 2 is 2.00 bits per heavy atom. The number of carboxylic acid groups (broad SMARTS) is 1. The minimum Gasteiger partial charge on any atom is -0.481 e. The van der Waals surface area contributed by atoms with E-state index >= 15 is 0 Å². The van der Waals surface area contributed by atoms with Crippen LogP contribution in [0.1, 0.15) is 52.5 Å². The molecule has 0 fully saturated rings. The first kappa shape index (κ1) is 14.4. The summed E-state index contributed by atoms with van der Waals surface area (Å²) in [6, 6.07) is 8.82. The van der Waals surface area contributed by atoms with Crippen LogP contribution in [0.25, 0.3) is 0 Å². The quantitative estimate of drug-likeness (QED) is 0.909. The molecule has 1 amide bonds. The Balaban J connectivity index is 1.85. The third-order valence-electron chi connectivity index (χ3n) is 4.16. The van der Waals surface area contributed by atoms with Crippen LogP contribution in [0, 0.1) is 0 Å². The van der Waals surface area contributed by atoms with Gasteiger partial charge in [0.2, 0.25) is 0 Å². The van der Waals surface area contributed by atoms with Crippen molar-refractivity contribution in [2.75, 3.05) is 0 Å². The van der Waals surface area contributed by atoms with Gasteiger partial charge in [0.15, 0.2) is 5.76 Å². The van der Waals surface area contributed by atoms with Crippen LogP contribution in [0.5, 0.6) is 0 Å². The summed E-state index contributed by atoms with van der Waals surface area (Å²) in [7, 11) is 0. The van der Waals surface area contributed by atoms with Gasteiger partial charge in [-0.2, -0.15) is 0 Å². The van der Waals surface area contributed by atoms with E-state index < -0.39 is 11.9 Å². The van der Waals surface area contributed by atoms with E-state index in [9.17, 15) is 14.7 Å². The Hall–Kier alpha value is -2.56. The molecule has 0 bridgehead atoms. The lowest BCUT2D eigenvalue weighted by atomic mass is 10.0. The number of nitrogens with one attached hydrogen (secondary N) is 1. The first-order chi connectivity index (χ1) is 10.6. The second kappa shape index (κ2) is 5.67. The van der Waals surface area contributed by atoms with Crippen molar-refractivity contribution in [3.05, 3.63) is 59.0 Å². The zero-order valence-corrected chi connectivity index (χ0v) is 12.2. The van der Waals surface area contributed by atoms with Gasteiger partial charge in [-0.3, -0.25) is 9.59 Å². The van der Waals surface area contributed by atoms with E-state index in [0.717, 1.165) is 16.7 Å². The average Bonchev–Trinajstić information content (AvgIpc) is 3.12. The van der Waals surface area contributed by atoms with Crippen molar-refractivity contribution in [2.45, 2.75) is 31.7 Å². The zero-order chi connectivity index (χ0) is 15.7. The van der Waals surface area contributed by atoms with Gasteiger partial charge in [-0.1, -0.05) is 31.2 Å². The molecule has 2 unspecified atom stereocenters. The number of fused-ring (bicyclic) bond motifs is 1. The standard InChI is InChI=1S/C17H17NO4/c1-2-10-7-8-22-15(10)16(19)18-14-9-13(17(20)21)11-5-3-4-6-12(11)14/h3-8,13-14H,2,9H2,1H3,(H,18,19)(H,20,21). The highest BCUT2D eigenvalue weighted by Crippen LogP contribution is 2.40. The third-order valence-corrected chi connectivity index (χ3v) is 4.16. The Kier molecular flexibility index (Phi) is 3.71. The molecule has 1 aromatic carbocycles. The number of aliphatic carboxylic acids is 1. The molecular formula is C17H17NO4. The summed E-state index contributed by atoms with van der Waals surface area (Å²) in [5.74, 6) is -1.44. The summed E-state index contributed by atoms with van der Waals surface area (Å²) in [6.45, 7) is 1.95. The molecule has 5 nitrogen and oxygen atoms in total. The van der Waals surface area contributed by atoms with Gasteiger partial charge >= 0.3 is 5.97 Å². The highest BCUT2D eigenvalue weighted by Gasteiger charge is 2.36. The monoisotopic (exact) mass is 299 g/mol. The van der Waals surface area contributed by atoms with E-state index in [0.29, 0.717) is 18.6 Å². The van der Waals surface area contributed by atoms with Gasteiger partial charge in [0.25, 0.3) is 5.91 Å². The number of hydrogen-bond donors (Lipinski definition) is 2. The van der Waals surface area contributed by atoms with Crippen LogP contribution < -0.4 is 5.32 Å². The Morgan fingerprint density at radius 1 is 1.27 bits per heavy atom. The fourth-order valence-corrected chi connectivity index (χ4v) is 3.04. The van der Waals surface area contributed by atoms with Crippen molar-refractivity contribution >= 4 is 11.9 Å². The molecule has 0 aliphatic heterocycles. The number of furan rings is 1. The van der Waals surface area contributed by atoms with Gasteiger partial charge < -0.3 is 14.8 Å². The fourth-order valence-electron chi connectivity index (χ4n) is 3.04. The molecule has 1 aliphatic carbocycles. The number of aryl methyl sites for hydroxylation is 1. The second-order valence-electron chi connectivity index (χ2n) is 5.41. The van der Waals surface area contributed by atoms with E-state index in [1.54, 1.807) is 6.07 Å². The van der Waals surface area contributed by atoms with E-state index in [4.69, 9.17) is 4.42 Å². The summed E-state index contributed by atoms with van der Waals surface area (Å²) < 4.78 is 5.26. The fraction of sp³-hybridized carbons (Fsp3) is 0.294. The van der Waals surface area contributed by atoms with Crippen LogP contribution in [0.15, 0.2) is 41.0 Å². The van der Waals surface area contributed by atoms with Gasteiger partial charge in [-0.15, -0.1) is 0 Å². The maximum absolute atomic E-state index is 12.4. The molecule has 0 saturated carbocycles. The topological polar surface area (TPSA) is 79.5 Å². The summed E-state index contributed by atoms with van der Waals surface area (Å²) >= 11 is 0. The van der Waals surface area contributed by atoms with Crippen molar-refractivity contribution in [1.82, 2.24) is 5.32 Å². The molecule has 0 saturated heterocycles. The molecule has 2 atom stereocenters. The second-order valence-corrected chi connectivity index (χ2v) is 5.41. The predicted molar refractivity (Wildman–Crippen MR) is 79.7 cm³/mol. The smallest absolute Gasteiger partial charge is 0.311 e. The Labute approximate surface area is 127 Å². The Morgan fingerprint density at radius 3 is 2.68 bits per heavy atom. The molecule has 0 radical (unpaired) electrons. The maximum atomic E-state index is 12.4. The molecule has 1 aliphatic rings. The van der Waals surface area contributed by atoms with Crippen molar-refractivity contribution in [3.63, 3.8) is 0 Å². The highest BCUT2D eigenvalue weighted by molar-refractivity contribution is 5.93.